The minimum absolute atomic E-state index is 0.0328. The van der Waals surface area contributed by atoms with Gasteiger partial charge in [0.1, 0.15) is 5.75 Å². The van der Waals surface area contributed by atoms with Gasteiger partial charge in [0.25, 0.3) is 5.69 Å². The lowest BCUT2D eigenvalue weighted by Gasteiger charge is -2.02. The quantitative estimate of drug-likeness (QED) is 0.445. The van der Waals surface area contributed by atoms with Crippen molar-refractivity contribution in [3.05, 3.63) is 28.3 Å². The Morgan fingerprint density at radius 1 is 1.67 bits per heavy atom. The molecule has 1 rings (SSSR count). The molecular formula is C9H8N2O3S. The van der Waals surface area contributed by atoms with Gasteiger partial charge in [0, 0.05) is 0 Å². The van der Waals surface area contributed by atoms with Crippen LogP contribution in [-0.2, 0) is 0 Å². The summed E-state index contributed by atoms with van der Waals surface area (Å²) in [6, 6.07) is 6.48. The molecule has 0 spiro atoms. The zero-order valence-corrected chi connectivity index (χ0v) is 8.78. The van der Waals surface area contributed by atoms with Gasteiger partial charge in [0.15, 0.2) is 0 Å². The third-order valence-corrected chi connectivity index (χ3v) is 2.58. The Morgan fingerprint density at radius 2 is 2.40 bits per heavy atom. The Morgan fingerprint density at radius 3 is 2.93 bits per heavy atom. The van der Waals surface area contributed by atoms with Crippen LogP contribution in [0.25, 0.3) is 0 Å². The molecule has 0 N–H and O–H groups in total. The summed E-state index contributed by atoms with van der Waals surface area (Å²) < 4.78 is 4.89. The van der Waals surface area contributed by atoms with E-state index in [1.807, 2.05) is 6.07 Å². The minimum atomic E-state index is -0.484. The van der Waals surface area contributed by atoms with Crippen LogP contribution in [0.4, 0.5) is 5.69 Å². The highest BCUT2D eigenvalue weighted by Crippen LogP contribution is 2.32. The molecule has 0 aliphatic carbocycles. The first kappa shape index (κ1) is 11.3. The van der Waals surface area contributed by atoms with Crippen LogP contribution in [0.15, 0.2) is 23.1 Å². The molecule has 0 bridgehead atoms. The average molecular weight is 224 g/mol. The Bertz CT molecular complexity index is 414. The monoisotopic (exact) mass is 224 g/mol. The molecule has 15 heavy (non-hydrogen) atoms. The molecule has 6 heteroatoms. The van der Waals surface area contributed by atoms with Gasteiger partial charge in [-0.05, 0) is 12.1 Å². The molecule has 0 unspecified atom stereocenters. The van der Waals surface area contributed by atoms with Gasteiger partial charge in [-0.3, -0.25) is 10.1 Å². The van der Waals surface area contributed by atoms with Crippen LogP contribution < -0.4 is 4.74 Å². The highest BCUT2D eigenvalue weighted by Gasteiger charge is 2.14. The maximum atomic E-state index is 10.7. The maximum Gasteiger partial charge on any atom is 0.286 e. The van der Waals surface area contributed by atoms with Crippen molar-refractivity contribution in [2.45, 2.75) is 4.90 Å². The molecule has 5 nitrogen and oxygen atoms in total. The summed E-state index contributed by atoms with van der Waals surface area (Å²) in [5.41, 5.74) is -0.0328. The molecule has 78 valence electrons. The SMILES string of the molecule is COc1ccc(SCC#N)c([N+](=O)[O-])c1. The van der Waals surface area contributed by atoms with E-state index in [-0.39, 0.29) is 11.4 Å². The van der Waals surface area contributed by atoms with Crippen molar-refractivity contribution in [2.75, 3.05) is 12.9 Å². The zero-order valence-electron chi connectivity index (χ0n) is 7.97. The van der Waals surface area contributed by atoms with Crippen molar-refractivity contribution in [3.8, 4) is 11.8 Å². The molecule has 0 atom stereocenters. The molecule has 0 saturated heterocycles. The van der Waals surface area contributed by atoms with E-state index in [1.54, 1.807) is 12.1 Å². The number of nitriles is 1. The molecule has 0 aliphatic rings. The molecule has 0 amide bonds. The van der Waals surface area contributed by atoms with Crippen LogP contribution in [0.1, 0.15) is 0 Å². The number of methoxy groups -OCH3 is 1. The van der Waals surface area contributed by atoms with E-state index in [0.717, 1.165) is 11.8 Å². The first-order valence-electron chi connectivity index (χ1n) is 4.01. The maximum absolute atomic E-state index is 10.7. The molecule has 1 aromatic carbocycles. The summed E-state index contributed by atoms with van der Waals surface area (Å²) in [5.74, 6) is 0.621. The number of benzene rings is 1. The summed E-state index contributed by atoms with van der Waals surface area (Å²) in [7, 11) is 1.45. The van der Waals surface area contributed by atoms with Crippen LogP contribution in [-0.4, -0.2) is 17.8 Å². The van der Waals surface area contributed by atoms with Gasteiger partial charge in [0.2, 0.25) is 0 Å². The van der Waals surface area contributed by atoms with E-state index in [1.165, 1.54) is 13.2 Å². The lowest BCUT2D eigenvalue weighted by atomic mass is 10.3. The van der Waals surface area contributed by atoms with Crippen LogP contribution in [0.5, 0.6) is 5.75 Å². The highest BCUT2D eigenvalue weighted by atomic mass is 32.2. The number of nitro benzene ring substituents is 1. The Balaban J connectivity index is 3.05. The van der Waals surface area contributed by atoms with Crippen molar-refractivity contribution in [1.29, 1.82) is 5.26 Å². The first-order valence-corrected chi connectivity index (χ1v) is 4.99. The fourth-order valence-electron chi connectivity index (χ4n) is 0.999. The Kier molecular flexibility index (Phi) is 3.94. The van der Waals surface area contributed by atoms with Crippen LogP contribution >= 0.6 is 11.8 Å². The van der Waals surface area contributed by atoms with Crippen molar-refractivity contribution < 1.29 is 9.66 Å². The third kappa shape index (κ3) is 2.86. The predicted octanol–water partition coefficient (Wildman–Crippen LogP) is 2.22. The van der Waals surface area contributed by atoms with Crippen molar-refractivity contribution in [2.24, 2.45) is 0 Å². The Labute approximate surface area is 90.8 Å². The van der Waals surface area contributed by atoms with Crippen molar-refractivity contribution >= 4 is 17.4 Å². The summed E-state index contributed by atoms with van der Waals surface area (Å²) in [6.45, 7) is 0. The zero-order chi connectivity index (χ0) is 11.3. The smallest absolute Gasteiger partial charge is 0.286 e. The molecule has 0 aromatic heterocycles. The lowest BCUT2D eigenvalue weighted by Crippen LogP contribution is -1.92. The van der Waals surface area contributed by atoms with Gasteiger partial charge in [-0.15, -0.1) is 11.8 Å². The summed E-state index contributed by atoms with van der Waals surface area (Å²) in [4.78, 5) is 10.7. The summed E-state index contributed by atoms with van der Waals surface area (Å²) in [6.07, 6.45) is 0. The highest BCUT2D eigenvalue weighted by molar-refractivity contribution is 7.99. The fraction of sp³-hybridized carbons (Fsp3) is 0.222. The van der Waals surface area contributed by atoms with E-state index in [2.05, 4.69) is 0 Å². The number of hydrogen-bond donors (Lipinski definition) is 0. The molecule has 0 saturated carbocycles. The topological polar surface area (TPSA) is 76.2 Å². The molecule has 0 heterocycles. The standard InChI is InChI=1S/C9H8N2O3S/c1-14-7-2-3-9(15-5-4-10)8(6-7)11(12)13/h2-3,6H,5H2,1H3. The molecule has 0 radical (unpaired) electrons. The number of hydrogen-bond acceptors (Lipinski definition) is 5. The van der Waals surface area contributed by atoms with E-state index in [9.17, 15) is 10.1 Å². The molecule has 0 fully saturated rings. The lowest BCUT2D eigenvalue weighted by molar-refractivity contribution is -0.387. The Hall–Kier alpha value is -1.74. The van der Waals surface area contributed by atoms with E-state index in [0.29, 0.717) is 10.6 Å². The van der Waals surface area contributed by atoms with Crippen LogP contribution in [0.3, 0.4) is 0 Å². The van der Waals surface area contributed by atoms with E-state index in [4.69, 9.17) is 10.00 Å². The molecular weight excluding hydrogens is 216 g/mol. The fourth-order valence-corrected chi connectivity index (χ4v) is 1.66. The number of nitro groups is 1. The number of nitrogens with zero attached hydrogens (tertiary/aromatic N) is 2. The number of rotatable bonds is 4. The number of ether oxygens (including phenoxy) is 1. The summed E-state index contributed by atoms with van der Waals surface area (Å²) >= 11 is 1.14. The molecule has 0 aliphatic heterocycles. The third-order valence-electron chi connectivity index (χ3n) is 1.66. The second-order valence-corrected chi connectivity index (χ2v) is 3.55. The predicted molar refractivity (Wildman–Crippen MR) is 56.0 cm³/mol. The van der Waals surface area contributed by atoms with Crippen molar-refractivity contribution in [1.82, 2.24) is 0 Å². The van der Waals surface area contributed by atoms with Gasteiger partial charge in [-0.1, -0.05) is 0 Å². The van der Waals surface area contributed by atoms with Gasteiger partial charge in [-0.25, -0.2) is 0 Å². The van der Waals surface area contributed by atoms with Gasteiger partial charge in [0.05, 0.1) is 34.8 Å². The minimum Gasteiger partial charge on any atom is -0.497 e. The van der Waals surface area contributed by atoms with Gasteiger partial charge < -0.3 is 4.74 Å². The second-order valence-electron chi connectivity index (χ2n) is 2.54. The summed E-state index contributed by atoms with van der Waals surface area (Å²) in [5, 5.41) is 19.1. The van der Waals surface area contributed by atoms with E-state index >= 15 is 0 Å². The molecule has 1 aromatic rings. The van der Waals surface area contributed by atoms with Gasteiger partial charge in [-0.2, -0.15) is 5.26 Å². The average Bonchev–Trinajstić information content (AvgIpc) is 2.26. The number of thioether (sulfide) groups is 1. The van der Waals surface area contributed by atoms with Crippen LogP contribution in [0, 0.1) is 21.4 Å². The van der Waals surface area contributed by atoms with Crippen molar-refractivity contribution in [3.63, 3.8) is 0 Å². The van der Waals surface area contributed by atoms with Crippen LogP contribution in [0.2, 0.25) is 0 Å². The first-order chi connectivity index (χ1) is 7.19. The normalized spacial score (nSPS) is 9.33. The van der Waals surface area contributed by atoms with Gasteiger partial charge >= 0.3 is 0 Å². The van der Waals surface area contributed by atoms with E-state index < -0.39 is 4.92 Å². The second kappa shape index (κ2) is 5.22. The largest absolute Gasteiger partial charge is 0.497 e.